The Kier molecular flexibility index (Phi) is 7.54. The Hall–Kier alpha value is 0.160. The first kappa shape index (κ1) is 14.2. The minimum Gasteiger partial charge on any atom is -0.458 e. The summed E-state index contributed by atoms with van der Waals surface area (Å²) in [5.41, 5.74) is -0.414. The molecule has 14 heavy (non-hydrogen) atoms. The number of hydrogen-bond donors (Lipinski definition) is 0. The van der Waals surface area contributed by atoms with Gasteiger partial charge in [-0.2, -0.15) is 0 Å². The molecule has 0 heterocycles. The van der Waals surface area contributed by atoms with Crippen LogP contribution in [0.5, 0.6) is 0 Å². The second-order valence-corrected chi connectivity index (χ2v) is 5.11. The predicted molar refractivity (Wildman–Crippen MR) is 64.8 cm³/mol. The van der Waals surface area contributed by atoms with Gasteiger partial charge in [-0.1, -0.05) is 22.6 Å². The summed E-state index contributed by atoms with van der Waals surface area (Å²) in [6.07, 6.45) is 2.14. The lowest BCUT2D eigenvalue weighted by atomic mass is 10.2. The van der Waals surface area contributed by atoms with E-state index in [4.69, 9.17) is 9.47 Å². The van der Waals surface area contributed by atoms with Crippen LogP contribution in [0.4, 0.5) is 0 Å². The molecule has 84 valence electrons. The molecular weight excluding hydrogens is 295 g/mol. The van der Waals surface area contributed by atoms with Crippen LogP contribution in [0.3, 0.4) is 0 Å². The molecule has 0 aliphatic rings. The number of rotatable bonds is 6. The van der Waals surface area contributed by atoms with Crippen LogP contribution in [-0.2, 0) is 14.3 Å². The molecule has 0 spiro atoms. The average Bonchev–Trinajstić information content (AvgIpc) is 2.00. The molecule has 0 N–H and O–H groups in total. The molecule has 0 aromatic carbocycles. The molecule has 0 bridgehead atoms. The summed E-state index contributed by atoms with van der Waals surface area (Å²) in [4.78, 5) is 11.1. The van der Waals surface area contributed by atoms with E-state index in [0.29, 0.717) is 6.61 Å². The Morgan fingerprint density at radius 2 is 1.93 bits per heavy atom. The number of alkyl halides is 1. The van der Waals surface area contributed by atoms with Crippen molar-refractivity contribution in [3.05, 3.63) is 0 Å². The lowest BCUT2D eigenvalue weighted by Gasteiger charge is -2.19. The molecule has 0 fully saturated rings. The maximum absolute atomic E-state index is 11.1. The smallest absolute Gasteiger partial charge is 0.332 e. The number of carbonyl (C=O) groups excluding carboxylic acids is 1. The van der Waals surface area contributed by atoms with Crippen molar-refractivity contribution in [2.75, 3.05) is 17.6 Å². The van der Waals surface area contributed by atoms with Crippen LogP contribution in [-0.4, -0.2) is 29.2 Å². The minimum atomic E-state index is -0.414. The Balaban J connectivity index is 3.36. The topological polar surface area (TPSA) is 35.5 Å². The molecule has 0 aliphatic heterocycles. The normalized spacial score (nSPS) is 11.4. The van der Waals surface area contributed by atoms with Crippen molar-refractivity contribution >= 4 is 28.6 Å². The van der Waals surface area contributed by atoms with Crippen molar-refractivity contribution in [2.45, 2.75) is 39.2 Å². The Labute approximate surface area is 99.7 Å². The van der Waals surface area contributed by atoms with E-state index < -0.39 is 5.60 Å². The number of unbranched alkanes of at least 4 members (excludes halogenated alkanes) is 1. The van der Waals surface area contributed by atoms with Crippen molar-refractivity contribution in [2.24, 2.45) is 0 Å². The van der Waals surface area contributed by atoms with Crippen LogP contribution in [0.2, 0.25) is 0 Å². The highest BCUT2D eigenvalue weighted by Gasteiger charge is 2.15. The average molecular weight is 314 g/mol. The summed E-state index contributed by atoms with van der Waals surface area (Å²) >= 11 is 2.32. The van der Waals surface area contributed by atoms with Crippen molar-refractivity contribution in [1.82, 2.24) is 0 Å². The van der Waals surface area contributed by atoms with Crippen LogP contribution >= 0.6 is 22.6 Å². The van der Waals surface area contributed by atoms with Gasteiger partial charge in [0.25, 0.3) is 0 Å². The van der Waals surface area contributed by atoms with Crippen LogP contribution in [0.25, 0.3) is 0 Å². The summed E-state index contributed by atoms with van der Waals surface area (Å²) in [5.74, 6) is -0.285. The Morgan fingerprint density at radius 1 is 1.29 bits per heavy atom. The number of ether oxygens (including phenoxy) is 2. The van der Waals surface area contributed by atoms with Crippen LogP contribution < -0.4 is 0 Å². The van der Waals surface area contributed by atoms with Crippen LogP contribution in [0.1, 0.15) is 33.6 Å². The monoisotopic (exact) mass is 314 g/mol. The van der Waals surface area contributed by atoms with E-state index in [9.17, 15) is 4.79 Å². The molecule has 0 aromatic rings. The van der Waals surface area contributed by atoms with E-state index in [1.807, 2.05) is 20.8 Å². The molecule has 0 unspecified atom stereocenters. The summed E-state index contributed by atoms with van der Waals surface area (Å²) in [6, 6.07) is 0. The molecule has 0 saturated heterocycles. The van der Waals surface area contributed by atoms with Gasteiger partial charge >= 0.3 is 5.97 Å². The Morgan fingerprint density at radius 3 is 2.43 bits per heavy atom. The van der Waals surface area contributed by atoms with E-state index in [1.165, 1.54) is 0 Å². The van der Waals surface area contributed by atoms with E-state index in [-0.39, 0.29) is 12.6 Å². The van der Waals surface area contributed by atoms with Gasteiger partial charge in [0.05, 0.1) is 0 Å². The zero-order chi connectivity index (χ0) is 11.0. The lowest BCUT2D eigenvalue weighted by molar-refractivity contribution is -0.160. The number of hydrogen-bond acceptors (Lipinski definition) is 3. The van der Waals surface area contributed by atoms with Crippen molar-refractivity contribution in [1.29, 1.82) is 0 Å². The third-order valence-corrected chi connectivity index (χ3v) is 2.08. The quantitative estimate of drug-likeness (QED) is 0.327. The van der Waals surface area contributed by atoms with E-state index in [1.54, 1.807) is 0 Å². The summed E-state index contributed by atoms with van der Waals surface area (Å²) in [6.45, 7) is 6.25. The third kappa shape index (κ3) is 10.2. The maximum Gasteiger partial charge on any atom is 0.332 e. The summed E-state index contributed by atoms with van der Waals surface area (Å²) in [7, 11) is 0. The van der Waals surface area contributed by atoms with Crippen LogP contribution in [0, 0.1) is 0 Å². The highest BCUT2D eigenvalue weighted by atomic mass is 127. The van der Waals surface area contributed by atoms with E-state index >= 15 is 0 Å². The van der Waals surface area contributed by atoms with Gasteiger partial charge in [-0.25, -0.2) is 4.79 Å². The number of halogens is 1. The standard InChI is InChI=1S/C10H19IO3/c1-10(2,3)14-9(12)8-13-7-5-4-6-11/h4-8H2,1-3H3. The SMILES string of the molecule is CC(C)(C)OC(=O)COCCCCI. The molecule has 0 rings (SSSR count). The fraction of sp³-hybridized carbons (Fsp3) is 0.900. The van der Waals surface area contributed by atoms with Gasteiger partial charge in [0.1, 0.15) is 12.2 Å². The highest BCUT2D eigenvalue weighted by Crippen LogP contribution is 2.06. The van der Waals surface area contributed by atoms with E-state index in [2.05, 4.69) is 22.6 Å². The van der Waals surface area contributed by atoms with Gasteiger partial charge in [0, 0.05) is 6.61 Å². The maximum atomic E-state index is 11.1. The fourth-order valence-electron chi connectivity index (χ4n) is 0.825. The first-order chi connectivity index (χ1) is 6.45. The van der Waals surface area contributed by atoms with E-state index in [0.717, 1.165) is 17.3 Å². The molecule has 0 aliphatic carbocycles. The van der Waals surface area contributed by atoms with Gasteiger partial charge in [0.15, 0.2) is 0 Å². The first-order valence-corrected chi connectivity index (χ1v) is 6.34. The lowest BCUT2D eigenvalue weighted by Crippen LogP contribution is -2.26. The molecule has 0 atom stereocenters. The molecule has 0 radical (unpaired) electrons. The zero-order valence-electron chi connectivity index (χ0n) is 9.14. The van der Waals surface area contributed by atoms with Gasteiger partial charge in [0.2, 0.25) is 0 Å². The van der Waals surface area contributed by atoms with Gasteiger partial charge in [-0.05, 0) is 38.0 Å². The third-order valence-electron chi connectivity index (χ3n) is 1.31. The second kappa shape index (κ2) is 7.45. The first-order valence-electron chi connectivity index (χ1n) is 4.81. The summed E-state index contributed by atoms with van der Waals surface area (Å²) < 4.78 is 11.4. The molecule has 0 amide bonds. The molecule has 3 nitrogen and oxygen atoms in total. The van der Waals surface area contributed by atoms with Crippen molar-refractivity contribution in [3.8, 4) is 0 Å². The summed E-state index contributed by atoms with van der Waals surface area (Å²) in [5, 5.41) is 0. The number of esters is 1. The minimum absolute atomic E-state index is 0.0680. The number of carbonyl (C=O) groups is 1. The molecule has 0 aromatic heterocycles. The molecular formula is C10H19IO3. The molecule has 0 saturated carbocycles. The van der Waals surface area contributed by atoms with Gasteiger partial charge < -0.3 is 9.47 Å². The second-order valence-electron chi connectivity index (χ2n) is 4.04. The zero-order valence-corrected chi connectivity index (χ0v) is 11.3. The largest absolute Gasteiger partial charge is 0.458 e. The highest BCUT2D eigenvalue weighted by molar-refractivity contribution is 14.1. The Bertz CT molecular complexity index is 163. The fourth-order valence-corrected chi connectivity index (χ4v) is 1.36. The van der Waals surface area contributed by atoms with Crippen LogP contribution in [0.15, 0.2) is 0 Å². The van der Waals surface area contributed by atoms with Crippen molar-refractivity contribution in [3.63, 3.8) is 0 Å². The van der Waals surface area contributed by atoms with Gasteiger partial charge in [-0.15, -0.1) is 0 Å². The molecule has 4 heteroatoms. The predicted octanol–water partition coefficient (Wildman–Crippen LogP) is 2.56. The van der Waals surface area contributed by atoms with Gasteiger partial charge in [-0.3, -0.25) is 0 Å². The van der Waals surface area contributed by atoms with Crippen molar-refractivity contribution < 1.29 is 14.3 Å².